The van der Waals surface area contributed by atoms with Crippen molar-refractivity contribution in [3.05, 3.63) is 89.0 Å². The van der Waals surface area contributed by atoms with Crippen LogP contribution in [0, 0.1) is 0 Å². The van der Waals surface area contributed by atoms with Gasteiger partial charge in [0.1, 0.15) is 12.4 Å². The molecule has 0 aliphatic rings. The minimum atomic E-state index is -0.975. The molecule has 0 aliphatic carbocycles. The van der Waals surface area contributed by atoms with Crippen LogP contribution in [0.3, 0.4) is 0 Å². The van der Waals surface area contributed by atoms with E-state index in [0.717, 1.165) is 5.56 Å². The van der Waals surface area contributed by atoms with Crippen LogP contribution in [0.2, 0.25) is 0 Å². The third-order valence-corrected chi connectivity index (χ3v) is 4.51. The molecule has 0 aromatic heterocycles. The summed E-state index contributed by atoms with van der Waals surface area (Å²) in [6, 6.07) is 18.4. The molecule has 0 heterocycles. The Hall–Kier alpha value is -4.33. The topological polar surface area (TPSA) is 106 Å². The third kappa shape index (κ3) is 5.85. The number of hydrogen-bond donors (Lipinski definition) is 2. The number of benzene rings is 3. The van der Waals surface area contributed by atoms with E-state index in [-0.39, 0.29) is 18.1 Å². The molecule has 3 rings (SSSR count). The van der Waals surface area contributed by atoms with Crippen molar-refractivity contribution in [1.82, 2.24) is 5.43 Å². The molecule has 3 aromatic rings. The Bertz CT molecular complexity index is 1110. The summed E-state index contributed by atoms with van der Waals surface area (Å²) in [6.07, 6.45) is 1.50. The van der Waals surface area contributed by atoms with E-state index in [1.54, 1.807) is 61.7 Å². The lowest BCUT2D eigenvalue weighted by Crippen LogP contribution is -2.17. The van der Waals surface area contributed by atoms with Gasteiger partial charge in [0.15, 0.2) is 11.5 Å². The highest BCUT2D eigenvalue weighted by Gasteiger charge is 2.08. The highest BCUT2D eigenvalue weighted by Crippen LogP contribution is 2.28. The molecule has 0 saturated carbocycles. The van der Waals surface area contributed by atoms with Gasteiger partial charge in [0.05, 0.1) is 26.0 Å². The maximum atomic E-state index is 12.1. The summed E-state index contributed by atoms with van der Waals surface area (Å²) in [6.45, 7) is 0.252. The smallest absolute Gasteiger partial charge is 0.335 e. The molecule has 2 N–H and O–H groups in total. The van der Waals surface area contributed by atoms with E-state index in [2.05, 4.69) is 10.5 Å². The highest BCUT2D eigenvalue weighted by atomic mass is 16.5. The number of hydrogen-bond acceptors (Lipinski definition) is 6. The van der Waals surface area contributed by atoms with Gasteiger partial charge in [-0.3, -0.25) is 4.79 Å². The van der Waals surface area contributed by atoms with Gasteiger partial charge in [-0.05, 0) is 65.7 Å². The molecule has 0 bridgehead atoms. The summed E-state index contributed by atoms with van der Waals surface area (Å²) in [5.41, 5.74) is 4.67. The van der Waals surface area contributed by atoms with Crippen molar-refractivity contribution in [2.24, 2.45) is 5.10 Å². The predicted molar refractivity (Wildman–Crippen MR) is 119 cm³/mol. The molecule has 0 saturated heterocycles. The molecule has 3 aromatic carbocycles. The SMILES string of the molecule is COc1ccc(C(=O)N/N=C\c2ccc(OCc3ccc(C(=O)O)cc3)c(OC)c2)cc1. The minimum Gasteiger partial charge on any atom is -0.497 e. The summed E-state index contributed by atoms with van der Waals surface area (Å²) < 4.78 is 16.2. The van der Waals surface area contributed by atoms with E-state index in [9.17, 15) is 9.59 Å². The molecule has 1 amide bonds. The Labute approximate surface area is 185 Å². The standard InChI is InChI=1S/C24H22N2O6/c1-30-20-10-8-18(9-11-20)23(27)26-25-14-17-5-12-21(22(13-17)31-2)32-15-16-3-6-19(7-4-16)24(28)29/h3-14H,15H2,1-2H3,(H,26,27)(H,28,29)/b25-14-. The van der Waals surface area contributed by atoms with Crippen molar-refractivity contribution in [3.63, 3.8) is 0 Å². The lowest BCUT2D eigenvalue weighted by atomic mass is 10.1. The number of nitrogens with zero attached hydrogens (tertiary/aromatic N) is 1. The van der Waals surface area contributed by atoms with E-state index in [1.807, 2.05) is 0 Å². The zero-order valence-electron chi connectivity index (χ0n) is 17.6. The number of ether oxygens (including phenoxy) is 3. The number of carboxylic acids is 1. The summed E-state index contributed by atoms with van der Waals surface area (Å²) in [4.78, 5) is 23.1. The average Bonchev–Trinajstić information content (AvgIpc) is 2.83. The zero-order valence-corrected chi connectivity index (χ0v) is 17.6. The normalized spacial score (nSPS) is 10.6. The fraction of sp³-hybridized carbons (Fsp3) is 0.125. The van der Waals surface area contributed by atoms with Gasteiger partial charge in [0.2, 0.25) is 0 Å². The van der Waals surface area contributed by atoms with Gasteiger partial charge in [-0.2, -0.15) is 5.10 Å². The van der Waals surface area contributed by atoms with E-state index >= 15 is 0 Å². The van der Waals surface area contributed by atoms with Gasteiger partial charge in [0, 0.05) is 5.56 Å². The maximum Gasteiger partial charge on any atom is 0.335 e. The Morgan fingerprint density at radius 1 is 0.906 bits per heavy atom. The van der Waals surface area contributed by atoms with Crippen molar-refractivity contribution < 1.29 is 28.9 Å². The monoisotopic (exact) mass is 434 g/mol. The number of nitrogens with one attached hydrogen (secondary N) is 1. The molecule has 8 nitrogen and oxygen atoms in total. The van der Waals surface area contributed by atoms with E-state index in [0.29, 0.717) is 28.4 Å². The van der Waals surface area contributed by atoms with Crippen LogP contribution >= 0.6 is 0 Å². The molecule has 0 spiro atoms. The number of methoxy groups -OCH3 is 2. The van der Waals surface area contributed by atoms with Gasteiger partial charge < -0.3 is 19.3 Å². The number of carboxylic acid groups (broad SMARTS) is 1. The largest absolute Gasteiger partial charge is 0.497 e. The van der Waals surface area contributed by atoms with Gasteiger partial charge in [0.25, 0.3) is 5.91 Å². The van der Waals surface area contributed by atoms with Crippen molar-refractivity contribution in [1.29, 1.82) is 0 Å². The lowest BCUT2D eigenvalue weighted by Gasteiger charge is -2.11. The Kier molecular flexibility index (Phi) is 7.42. The van der Waals surface area contributed by atoms with Crippen molar-refractivity contribution >= 4 is 18.1 Å². The van der Waals surface area contributed by atoms with Crippen LogP contribution < -0.4 is 19.6 Å². The number of carbonyl (C=O) groups is 2. The van der Waals surface area contributed by atoms with Crippen molar-refractivity contribution in [3.8, 4) is 17.2 Å². The summed E-state index contributed by atoms with van der Waals surface area (Å²) in [5.74, 6) is 0.366. The average molecular weight is 434 g/mol. The molecule has 0 radical (unpaired) electrons. The number of rotatable bonds is 9. The van der Waals surface area contributed by atoms with Crippen LogP contribution in [-0.4, -0.2) is 37.4 Å². The molecular weight excluding hydrogens is 412 g/mol. The fourth-order valence-corrected chi connectivity index (χ4v) is 2.76. The molecule has 0 aliphatic heterocycles. The summed E-state index contributed by atoms with van der Waals surface area (Å²) in [5, 5.41) is 12.9. The molecule has 164 valence electrons. The van der Waals surface area contributed by atoms with Crippen LogP contribution in [0.15, 0.2) is 71.8 Å². The van der Waals surface area contributed by atoms with Crippen molar-refractivity contribution in [2.45, 2.75) is 6.61 Å². The zero-order chi connectivity index (χ0) is 22.9. The molecular formula is C24H22N2O6. The second-order valence-electron chi connectivity index (χ2n) is 6.63. The first-order valence-corrected chi connectivity index (χ1v) is 9.60. The molecule has 32 heavy (non-hydrogen) atoms. The molecule has 8 heteroatoms. The van der Waals surface area contributed by atoms with Gasteiger partial charge >= 0.3 is 5.97 Å². The van der Waals surface area contributed by atoms with Gasteiger partial charge in [-0.25, -0.2) is 10.2 Å². The molecule has 0 atom stereocenters. The first-order chi connectivity index (χ1) is 15.5. The molecule has 0 fully saturated rings. The van der Waals surface area contributed by atoms with Crippen LogP contribution in [0.5, 0.6) is 17.2 Å². The fourth-order valence-electron chi connectivity index (χ4n) is 2.76. The summed E-state index contributed by atoms with van der Waals surface area (Å²) >= 11 is 0. The van der Waals surface area contributed by atoms with Crippen LogP contribution in [0.1, 0.15) is 31.8 Å². The lowest BCUT2D eigenvalue weighted by molar-refractivity contribution is 0.0696. The van der Waals surface area contributed by atoms with E-state index < -0.39 is 5.97 Å². The van der Waals surface area contributed by atoms with Gasteiger partial charge in [-0.1, -0.05) is 12.1 Å². The number of aromatic carboxylic acids is 1. The second-order valence-corrected chi connectivity index (χ2v) is 6.63. The van der Waals surface area contributed by atoms with Crippen LogP contribution in [-0.2, 0) is 6.61 Å². The Morgan fingerprint density at radius 2 is 1.59 bits per heavy atom. The third-order valence-electron chi connectivity index (χ3n) is 4.51. The molecule has 0 unspecified atom stereocenters. The number of carbonyl (C=O) groups excluding carboxylic acids is 1. The van der Waals surface area contributed by atoms with E-state index in [1.165, 1.54) is 25.5 Å². The highest BCUT2D eigenvalue weighted by molar-refractivity contribution is 5.95. The Balaban J connectivity index is 1.60. The Morgan fingerprint density at radius 3 is 2.22 bits per heavy atom. The van der Waals surface area contributed by atoms with Crippen LogP contribution in [0.4, 0.5) is 0 Å². The second kappa shape index (κ2) is 10.6. The quantitative estimate of drug-likeness (QED) is 0.393. The number of hydrazone groups is 1. The predicted octanol–water partition coefficient (Wildman–Crippen LogP) is 3.74. The van der Waals surface area contributed by atoms with Crippen LogP contribution in [0.25, 0.3) is 0 Å². The van der Waals surface area contributed by atoms with Gasteiger partial charge in [-0.15, -0.1) is 0 Å². The van der Waals surface area contributed by atoms with Crippen molar-refractivity contribution in [2.75, 3.05) is 14.2 Å². The van der Waals surface area contributed by atoms with E-state index in [4.69, 9.17) is 19.3 Å². The minimum absolute atomic E-state index is 0.217. The first kappa shape index (κ1) is 22.4. The summed E-state index contributed by atoms with van der Waals surface area (Å²) in [7, 11) is 3.08. The first-order valence-electron chi connectivity index (χ1n) is 9.60. The maximum absolute atomic E-state index is 12.1. The number of amides is 1.